The van der Waals surface area contributed by atoms with Crippen LogP contribution in [0.4, 0.5) is 5.69 Å². The van der Waals surface area contributed by atoms with Crippen LogP contribution in [0.3, 0.4) is 0 Å². The zero-order chi connectivity index (χ0) is 20.1. The van der Waals surface area contributed by atoms with Gasteiger partial charge >= 0.3 is 0 Å². The van der Waals surface area contributed by atoms with Crippen LogP contribution in [0.1, 0.15) is 43.6 Å². The fraction of sp³-hybridized carbons (Fsp3) is 0.364. The zero-order valence-corrected chi connectivity index (χ0v) is 17.3. The van der Waals surface area contributed by atoms with Crippen LogP contribution < -0.4 is 5.32 Å². The Bertz CT molecular complexity index is 854. The highest BCUT2D eigenvalue weighted by Crippen LogP contribution is 2.33. The average Bonchev–Trinajstić information content (AvgIpc) is 3.28. The minimum atomic E-state index is -0.280. The summed E-state index contributed by atoms with van der Waals surface area (Å²) in [5, 5.41) is 5.11. The summed E-state index contributed by atoms with van der Waals surface area (Å²) in [6, 6.07) is 11.7. The molecule has 0 unspecified atom stereocenters. The number of carbonyl (C=O) groups is 2. The van der Waals surface area contributed by atoms with Crippen molar-refractivity contribution >= 4 is 34.4 Å². The van der Waals surface area contributed by atoms with Crippen molar-refractivity contribution in [2.24, 2.45) is 0 Å². The van der Waals surface area contributed by atoms with Gasteiger partial charge in [-0.2, -0.15) is 0 Å². The van der Waals surface area contributed by atoms with Gasteiger partial charge in [0.1, 0.15) is 5.70 Å². The molecule has 1 aromatic carbocycles. The Morgan fingerprint density at radius 1 is 1.11 bits per heavy atom. The molecule has 0 atom stereocenters. The smallest absolute Gasteiger partial charge is 0.278 e. The molecule has 1 N–H and O–H groups in total. The number of anilines is 1. The van der Waals surface area contributed by atoms with Gasteiger partial charge in [0.2, 0.25) is 0 Å². The highest BCUT2D eigenvalue weighted by molar-refractivity contribution is 7.11. The van der Waals surface area contributed by atoms with Gasteiger partial charge in [0.15, 0.2) is 0 Å². The summed E-state index contributed by atoms with van der Waals surface area (Å²) in [4.78, 5) is 28.1. The van der Waals surface area contributed by atoms with Crippen LogP contribution in [0.15, 0.2) is 47.5 Å². The van der Waals surface area contributed by atoms with Gasteiger partial charge < -0.3 is 10.1 Å². The first kappa shape index (κ1) is 20.3. The van der Waals surface area contributed by atoms with Gasteiger partial charge in [-0.3, -0.25) is 14.5 Å². The number of nitrogens with one attached hydrogen (secondary N) is 1. The predicted octanol–water partition coefficient (Wildman–Crippen LogP) is 4.49. The number of thiophene rings is 1. The first-order valence-electron chi connectivity index (χ1n) is 9.62. The van der Waals surface area contributed by atoms with Crippen LogP contribution in [0.5, 0.6) is 0 Å². The summed E-state index contributed by atoms with van der Waals surface area (Å²) in [7, 11) is 0. The summed E-state index contributed by atoms with van der Waals surface area (Å²) in [6.07, 6.45) is 0.624. The minimum Gasteiger partial charge on any atom is -0.382 e. The van der Waals surface area contributed by atoms with Crippen molar-refractivity contribution in [2.75, 3.05) is 25.1 Å². The van der Waals surface area contributed by atoms with Gasteiger partial charge in [0.05, 0.1) is 5.57 Å². The van der Waals surface area contributed by atoms with E-state index in [1.54, 1.807) is 0 Å². The molecular formula is C22H26N2O3S. The predicted molar refractivity (Wildman–Crippen MR) is 113 cm³/mol. The summed E-state index contributed by atoms with van der Waals surface area (Å²) in [6.45, 7) is 7.71. The Balaban J connectivity index is 1.85. The van der Waals surface area contributed by atoms with E-state index in [2.05, 4.69) is 19.2 Å². The molecule has 1 aromatic heterocycles. The first-order chi connectivity index (χ1) is 13.5. The van der Waals surface area contributed by atoms with E-state index < -0.39 is 0 Å². The maximum absolute atomic E-state index is 13.0. The Hall–Kier alpha value is -2.44. The van der Waals surface area contributed by atoms with Gasteiger partial charge in [-0.15, -0.1) is 11.3 Å². The molecule has 0 aliphatic carbocycles. The number of benzene rings is 1. The Kier molecular flexibility index (Phi) is 6.65. The molecule has 0 fully saturated rings. The Morgan fingerprint density at radius 3 is 2.46 bits per heavy atom. The van der Waals surface area contributed by atoms with E-state index in [0.717, 1.165) is 10.6 Å². The lowest BCUT2D eigenvalue weighted by Gasteiger charge is -2.15. The highest BCUT2D eigenvalue weighted by Gasteiger charge is 2.39. The lowest BCUT2D eigenvalue weighted by molar-refractivity contribution is -0.137. The molecule has 5 nitrogen and oxygen atoms in total. The van der Waals surface area contributed by atoms with Crippen LogP contribution >= 0.6 is 11.3 Å². The maximum Gasteiger partial charge on any atom is 0.278 e. The van der Waals surface area contributed by atoms with E-state index in [9.17, 15) is 9.59 Å². The molecule has 0 spiro atoms. The standard InChI is InChI=1S/C22H26N2O3S/c1-4-27-13-6-12-24-21(25)19(18-7-5-14-28-18)20(22(24)26)23-17-10-8-16(9-11-17)15(2)3/h5,7-11,14-15,23H,4,6,12-13H2,1-3H3. The molecular weight excluding hydrogens is 372 g/mol. The summed E-state index contributed by atoms with van der Waals surface area (Å²) >= 11 is 1.46. The largest absolute Gasteiger partial charge is 0.382 e. The van der Waals surface area contributed by atoms with E-state index in [0.29, 0.717) is 43.4 Å². The van der Waals surface area contributed by atoms with E-state index in [1.165, 1.54) is 21.8 Å². The number of nitrogens with zero attached hydrogens (tertiary/aromatic N) is 1. The van der Waals surface area contributed by atoms with Crippen molar-refractivity contribution in [3.8, 4) is 0 Å². The summed E-state index contributed by atoms with van der Waals surface area (Å²) < 4.78 is 5.34. The van der Waals surface area contributed by atoms with Crippen molar-refractivity contribution < 1.29 is 14.3 Å². The van der Waals surface area contributed by atoms with Crippen molar-refractivity contribution in [1.82, 2.24) is 4.90 Å². The van der Waals surface area contributed by atoms with Gasteiger partial charge in [-0.05, 0) is 48.4 Å². The van der Waals surface area contributed by atoms with E-state index in [-0.39, 0.29) is 11.8 Å². The van der Waals surface area contributed by atoms with Gasteiger partial charge in [0, 0.05) is 30.3 Å². The molecule has 0 bridgehead atoms. The fourth-order valence-electron chi connectivity index (χ4n) is 3.11. The number of hydrogen-bond acceptors (Lipinski definition) is 5. The molecule has 1 aliphatic rings. The second-order valence-corrected chi connectivity index (χ2v) is 7.89. The van der Waals surface area contributed by atoms with Crippen LogP contribution in [-0.2, 0) is 14.3 Å². The normalized spacial score (nSPS) is 14.5. The molecule has 1 aliphatic heterocycles. The minimum absolute atomic E-state index is 0.245. The Labute approximate surface area is 170 Å². The van der Waals surface area contributed by atoms with Gasteiger partial charge in [-0.25, -0.2) is 0 Å². The lowest BCUT2D eigenvalue weighted by atomic mass is 10.0. The number of imide groups is 1. The van der Waals surface area contributed by atoms with Crippen LogP contribution in [-0.4, -0.2) is 36.5 Å². The number of carbonyl (C=O) groups excluding carboxylic acids is 2. The van der Waals surface area contributed by atoms with Crippen molar-refractivity contribution in [3.63, 3.8) is 0 Å². The molecule has 0 radical (unpaired) electrons. The van der Waals surface area contributed by atoms with Crippen LogP contribution in [0.2, 0.25) is 0 Å². The number of ether oxygens (including phenoxy) is 1. The zero-order valence-electron chi connectivity index (χ0n) is 16.5. The molecule has 0 saturated carbocycles. The SMILES string of the molecule is CCOCCCN1C(=O)C(Nc2ccc(C(C)C)cc2)=C(c2cccs2)C1=O. The topological polar surface area (TPSA) is 58.6 Å². The molecule has 2 heterocycles. The van der Waals surface area contributed by atoms with Gasteiger partial charge in [-0.1, -0.05) is 32.0 Å². The highest BCUT2D eigenvalue weighted by atomic mass is 32.1. The quantitative estimate of drug-likeness (QED) is 0.499. The molecule has 3 rings (SSSR count). The first-order valence-corrected chi connectivity index (χ1v) is 10.5. The number of hydrogen-bond donors (Lipinski definition) is 1. The lowest BCUT2D eigenvalue weighted by Crippen LogP contribution is -2.33. The number of amides is 2. The average molecular weight is 399 g/mol. The monoisotopic (exact) mass is 398 g/mol. The summed E-state index contributed by atoms with van der Waals surface area (Å²) in [5.41, 5.74) is 2.82. The van der Waals surface area contributed by atoms with Crippen LogP contribution in [0.25, 0.3) is 5.57 Å². The molecule has 6 heteroatoms. The molecule has 28 heavy (non-hydrogen) atoms. The third-order valence-corrected chi connectivity index (χ3v) is 5.54. The van der Waals surface area contributed by atoms with E-state index >= 15 is 0 Å². The molecule has 148 valence electrons. The second-order valence-electron chi connectivity index (χ2n) is 6.94. The van der Waals surface area contributed by atoms with Gasteiger partial charge in [0.25, 0.3) is 11.8 Å². The van der Waals surface area contributed by atoms with E-state index in [1.807, 2.05) is 48.7 Å². The van der Waals surface area contributed by atoms with Crippen molar-refractivity contribution in [3.05, 3.63) is 57.9 Å². The molecule has 2 aromatic rings. The molecule has 2 amide bonds. The molecule has 0 saturated heterocycles. The maximum atomic E-state index is 13.0. The fourth-order valence-corrected chi connectivity index (χ4v) is 3.88. The van der Waals surface area contributed by atoms with Crippen molar-refractivity contribution in [2.45, 2.75) is 33.1 Å². The second kappa shape index (κ2) is 9.17. The number of rotatable bonds is 9. The Morgan fingerprint density at radius 2 is 1.86 bits per heavy atom. The third-order valence-electron chi connectivity index (χ3n) is 4.66. The third kappa shape index (κ3) is 4.34. The summed E-state index contributed by atoms with van der Waals surface area (Å²) in [5.74, 6) is -0.0893. The van der Waals surface area contributed by atoms with E-state index in [4.69, 9.17) is 4.74 Å². The van der Waals surface area contributed by atoms with Crippen LogP contribution in [0, 0.1) is 0 Å². The van der Waals surface area contributed by atoms with Crippen molar-refractivity contribution in [1.29, 1.82) is 0 Å².